The van der Waals surface area contributed by atoms with Gasteiger partial charge in [0.15, 0.2) is 5.82 Å². The predicted molar refractivity (Wildman–Crippen MR) is 49.5 cm³/mol. The molecular weight excluding hydrogens is 188 g/mol. The van der Waals surface area contributed by atoms with Crippen LogP contribution in [0.25, 0.3) is 0 Å². The van der Waals surface area contributed by atoms with Crippen molar-refractivity contribution in [3.05, 3.63) is 11.6 Å². The second-order valence-corrected chi connectivity index (χ2v) is 3.84. The summed E-state index contributed by atoms with van der Waals surface area (Å²) in [6, 6.07) is -0.0357. The third-order valence-corrected chi connectivity index (χ3v) is 1.98. The number of hydrogen-bond donors (Lipinski definition) is 0. The van der Waals surface area contributed by atoms with Crippen LogP contribution in [0, 0.1) is 0 Å². The van der Waals surface area contributed by atoms with Crippen LogP contribution in [0.3, 0.4) is 0 Å². The van der Waals surface area contributed by atoms with Crippen molar-refractivity contribution in [3.8, 4) is 0 Å². The van der Waals surface area contributed by atoms with Gasteiger partial charge >= 0.3 is 0 Å². The zero-order chi connectivity index (χ0) is 10.9. The van der Waals surface area contributed by atoms with E-state index in [1.165, 1.54) is 4.57 Å². The maximum atomic E-state index is 12.5. The number of hydrogen-bond acceptors (Lipinski definition) is 2. The molecule has 0 N–H and O–H groups in total. The molecule has 14 heavy (non-hydrogen) atoms. The number of aromatic nitrogens is 3. The minimum Gasteiger partial charge on any atom is -0.307 e. The van der Waals surface area contributed by atoms with Crippen molar-refractivity contribution in [3.63, 3.8) is 0 Å². The van der Waals surface area contributed by atoms with Gasteiger partial charge in [0.25, 0.3) is 6.43 Å². The van der Waals surface area contributed by atoms with Crippen molar-refractivity contribution < 1.29 is 8.78 Å². The van der Waals surface area contributed by atoms with E-state index in [4.69, 9.17) is 0 Å². The number of alkyl halides is 2. The molecule has 5 heteroatoms. The van der Waals surface area contributed by atoms with Crippen LogP contribution in [-0.2, 0) is 0 Å². The molecule has 0 saturated heterocycles. The predicted octanol–water partition coefficient (Wildman–Crippen LogP) is 2.92. The lowest BCUT2D eigenvalue weighted by Gasteiger charge is -2.15. The Morgan fingerprint density at radius 2 is 1.50 bits per heavy atom. The summed E-state index contributed by atoms with van der Waals surface area (Å²) in [5.74, 6) is 0.497. The van der Waals surface area contributed by atoms with Crippen molar-refractivity contribution in [2.45, 2.75) is 46.1 Å². The second kappa shape index (κ2) is 4.02. The molecule has 0 radical (unpaired) electrons. The van der Waals surface area contributed by atoms with Gasteiger partial charge in [-0.05, 0) is 13.8 Å². The fourth-order valence-electron chi connectivity index (χ4n) is 1.39. The molecule has 0 atom stereocenters. The maximum Gasteiger partial charge on any atom is 0.297 e. The Hall–Kier alpha value is -1.00. The standard InChI is InChI=1S/C9H15F2N3/c1-5(2)8-12-13-9(7(10)11)14(8)6(3)4/h5-7H,1-4H3. The van der Waals surface area contributed by atoms with Gasteiger partial charge in [-0.3, -0.25) is 0 Å². The molecule has 80 valence electrons. The van der Waals surface area contributed by atoms with Crippen molar-refractivity contribution in [1.29, 1.82) is 0 Å². The summed E-state index contributed by atoms with van der Waals surface area (Å²) in [4.78, 5) is 0. The Labute approximate surface area is 82.1 Å². The van der Waals surface area contributed by atoms with E-state index in [1.807, 2.05) is 27.7 Å². The van der Waals surface area contributed by atoms with Crippen molar-refractivity contribution in [2.24, 2.45) is 0 Å². The molecule has 0 bridgehead atoms. The molecule has 1 aromatic rings. The van der Waals surface area contributed by atoms with E-state index in [0.29, 0.717) is 5.82 Å². The summed E-state index contributed by atoms with van der Waals surface area (Å²) in [5.41, 5.74) is 0. The second-order valence-electron chi connectivity index (χ2n) is 3.84. The normalized spacial score (nSPS) is 12.1. The minimum absolute atomic E-state index is 0.0357. The number of halogens is 2. The fraction of sp³-hybridized carbons (Fsp3) is 0.778. The van der Waals surface area contributed by atoms with Crippen LogP contribution in [0.1, 0.15) is 57.7 Å². The van der Waals surface area contributed by atoms with Crippen molar-refractivity contribution >= 4 is 0 Å². The average Bonchev–Trinajstić information content (AvgIpc) is 2.46. The Morgan fingerprint density at radius 3 is 1.86 bits per heavy atom. The van der Waals surface area contributed by atoms with E-state index in [2.05, 4.69) is 10.2 Å². The molecule has 1 heterocycles. The van der Waals surface area contributed by atoms with Crippen LogP contribution in [0.15, 0.2) is 0 Å². The fourth-order valence-corrected chi connectivity index (χ4v) is 1.39. The zero-order valence-corrected chi connectivity index (χ0v) is 8.83. The molecule has 0 aliphatic rings. The SMILES string of the molecule is CC(C)c1nnc(C(F)F)n1C(C)C. The maximum absolute atomic E-state index is 12.5. The number of nitrogens with zero attached hydrogens (tertiary/aromatic N) is 3. The summed E-state index contributed by atoms with van der Waals surface area (Å²) in [6.45, 7) is 7.53. The highest BCUT2D eigenvalue weighted by Crippen LogP contribution is 2.24. The lowest BCUT2D eigenvalue weighted by atomic mass is 10.2. The lowest BCUT2D eigenvalue weighted by molar-refractivity contribution is 0.132. The van der Waals surface area contributed by atoms with Gasteiger partial charge in [-0.2, -0.15) is 0 Å². The molecule has 0 fully saturated rings. The molecule has 0 aliphatic carbocycles. The molecule has 0 spiro atoms. The molecule has 0 saturated carbocycles. The first-order valence-electron chi connectivity index (χ1n) is 4.68. The van der Waals surface area contributed by atoms with E-state index in [9.17, 15) is 8.78 Å². The molecule has 0 aliphatic heterocycles. The van der Waals surface area contributed by atoms with Crippen LogP contribution in [-0.4, -0.2) is 14.8 Å². The molecule has 0 aromatic carbocycles. The van der Waals surface area contributed by atoms with Gasteiger partial charge in [-0.15, -0.1) is 10.2 Å². The van der Waals surface area contributed by atoms with E-state index >= 15 is 0 Å². The van der Waals surface area contributed by atoms with Crippen molar-refractivity contribution in [2.75, 3.05) is 0 Å². The van der Waals surface area contributed by atoms with Gasteiger partial charge in [0, 0.05) is 12.0 Å². The van der Waals surface area contributed by atoms with Gasteiger partial charge in [-0.25, -0.2) is 8.78 Å². The van der Waals surface area contributed by atoms with E-state index in [1.54, 1.807) is 0 Å². The third-order valence-electron chi connectivity index (χ3n) is 1.98. The summed E-state index contributed by atoms with van der Waals surface area (Å²) in [5, 5.41) is 7.31. The van der Waals surface area contributed by atoms with Gasteiger partial charge in [-0.1, -0.05) is 13.8 Å². The third kappa shape index (κ3) is 1.91. The van der Waals surface area contributed by atoms with Gasteiger partial charge in [0.1, 0.15) is 5.82 Å². The Balaban J connectivity index is 3.20. The number of rotatable bonds is 3. The quantitative estimate of drug-likeness (QED) is 0.756. The molecular formula is C9H15F2N3. The van der Waals surface area contributed by atoms with E-state index in [-0.39, 0.29) is 17.8 Å². The summed E-state index contributed by atoms with van der Waals surface area (Å²) < 4.78 is 26.6. The summed E-state index contributed by atoms with van der Waals surface area (Å²) in [6.07, 6.45) is -2.56. The van der Waals surface area contributed by atoms with Crippen LogP contribution < -0.4 is 0 Å². The first-order chi connectivity index (χ1) is 6.45. The van der Waals surface area contributed by atoms with Crippen LogP contribution in [0.2, 0.25) is 0 Å². The minimum atomic E-state index is -2.56. The van der Waals surface area contributed by atoms with Crippen molar-refractivity contribution in [1.82, 2.24) is 14.8 Å². The topological polar surface area (TPSA) is 30.7 Å². The van der Waals surface area contributed by atoms with Crippen LogP contribution in [0.4, 0.5) is 8.78 Å². The Morgan fingerprint density at radius 1 is 1.00 bits per heavy atom. The highest BCUT2D eigenvalue weighted by Gasteiger charge is 2.22. The molecule has 0 amide bonds. The molecule has 3 nitrogen and oxygen atoms in total. The average molecular weight is 203 g/mol. The first-order valence-corrected chi connectivity index (χ1v) is 4.68. The van der Waals surface area contributed by atoms with Crippen LogP contribution >= 0.6 is 0 Å². The Bertz CT molecular complexity index is 280. The van der Waals surface area contributed by atoms with E-state index < -0.39 is 6.43 Å². The summed E-state index contributed by atoms with van der Waals surface area (Å²) >= 11 is 0. The molecule has 0 unspecified atom stereocenters. The molecule has 1 aromatic heterocycles. The van der Waals surface area contributed by atoms with Gasteiger partial charge in [0.05, 0.1) is 0 Å². The largest absolute Gasteiger partial charge is 0.307 e. The van der Waals surface area contributed by atoms with Gasteiger partial charge < -0.3 is 4.57 Å². The molecule has 1 rings (SSSR count). The van der Waals surface area contributed by atoms with Crippen LogP contribution in [0.5, 0.6) is 0 Å². The highest BCUT2D eigenvalue weighted by molar-refractivity contribution is 5.02. The highest BCUT2D eigenvalue weighted by atomic mass is 19.3. The van der Waals surface area contributed by atoms with Gasteiger partial charge in [0.2, 0.25) is 0 Å². The monoisotopic (exact) mass is 203 g/mol. The lowest BCUT2D eigenvalue weighted by Crippen LogP contribution is -2.11. The Kier molecular flexibility index (Phi) is 3.18. The smallest absolute Gasteiger partial charge is 0.297 e. The summed E-state index contributed by atoms with van der Waals surface area (Å²) in [7, 11) is 0. The van der Waals surface area contributed by atoms with E-state index in [0.717, 1.165) is 0 Å². The first kappa shape index (κ1) is 11.1. The zero-order valence-electron chi connectivity index (χ0n) is 8.83.